The Hall–Kier alpha value is -3.31. The number of aromatic hydroxyl groups is 1. The Bertz CT molecular complexity index is 1250. The molecule has 5 heteroatoms. The fourth-order valence-electron chi connectivity index (χ4n) is 3.56. The van der Waals surface area contributed by atoms with Crippen LogP contribution in [-0.2, 0) is 7.05 Å². The largest absolute Gasteiger partial charge is 0.506 e. The van der Waals surface area contributed by atoms with E-state index in [9.17, 15) is 14.7 Å². The minimum atomic E-state index is -0.479. The zero-order valence-corrected chi connectivity index (χ0v) is 17.3. The van der Waals surface area contributed by atoms with Gasteiger partial charge in [0.05, 0.1) is 5.52 Å². The molecule has 0 spiro atoms. The van der Waals surface area contributed by atoms with Crippen LogP contribution in [0.2, 0.25) is 0 Å². The summed E-state index contributed by atoms with van der Waals surface area (Å²) in [5.74, 6) is -0.605. The summed E-state index contributed by atoms with van der Waals surface area (Å²) in [6, 6.07) is 26.7. The number of pyridine rings is 1. The number of hydrogen-bond donors (Lipinski definition) is 1. The maximum atomic E-state index is 13.3. The lowest BCUT2D eigenvalue weighted by atomic mass is 10.0. The molecule has 0 saturated carbocycles. The van der Waals surface area contributed by atoms with Crippen LogP contribution in [0.25, 0.3) is 10.9 Å². The van der Waals surface area contributed by atoms with Crippen molar-refractivity contribution in [2.75, 3.05) is 0 Å². The molecule has 0 saturated heterocycles. The van der Waals surface area contributed by atoms with Crippen molar-refractivity contribution in [3.63, 3.8) is 0 Å². The Morgan fingerprint density at radius 1 is 0.933 bits per heavy atom. The molecule has 1 N–H and O–H groups in total. The van der Waals surface area contributed by atoms with Gasteiger partial charge in [-0.2, -0.15) is 0 Å². The fourth-order valence-corrected chi connectivity index (χ4v) is 4.73. The minimum absolute atomic E-state index is 0.102. The number of thioether (sulfide) groups is 1. The first-order valence-electron chi connectivity index (χ1n) is 9.67. The van der Waals surface area contributed by atoms with Crippen molar-refractivity contribution in [2.45, 2.75) is 16.6 Å². The molecule has 4 aromatic rings. The number of ketones is 1. The second kappa shape index (κ2) is 8.59. The second-order valence-corrected chi connectivity index (χ2v) is 8.34. The first-order valence-corrected chi connectivity index (χ1v) is 10.5. The summed E-state index contributed by atoms with van der Waals surface area (Å²) in [6.07, 6.45) is 0.102. The molecule has 0 aliphatic heterocycles. The number of aromatic nitrogens is 1. The van der Waals surface area contributed by atoms with E-state index in [4.69, 9.17) is 0 Å². The van der Waals surface area contributed by atoms with Gasteiger partial charge in [-0.05, 0) is 29.8 Å². The maximum Gasteiger partial charge on any atom is 0.265 e. The van der Waals surface area contributed by atoms with Gasteiger partial charge in [0, 0.05) is 29.0 Å². The molecule has 0 bridgehead atoms. The van der Waals surface area contributed by atoms with Crippen LogP contribution in [0.15, 0.2) is 94.6 Å². The van der Waals surface area contributed by atoms with Crippen molar-refractivity contribution in [3.8, 4) is 5.75 Å². The van der Waals surface area contributed by atoms with Gasteiger partial charge in [0.25, 0.3) is 5.56 Å². The molecule has 4 rings (SSSR count). The quantitative estimate of drug-likeness (QED) is 0.341. The lowest BCUT2D eigenvalue weighted by Crippen LogP contribution is -2.25. The van der Waals surface area contributed by atoms with E-state index in [1.807, 2.05) is 60.7 Å². The zero-order valence-electron chi connectivity index (χ0n) is 16.5. The Balaban J connectivity index is 1.74. The topological polar surface area (TPSA) is 59.3 Å². The van der Waals surface area contributed by atoms with E-state index in [-0.39, 0.29) is 28.8 Å². The first-order chi connectivity index (χ1) is 14.6. The Kier molecular flexibility index (Phi) is 5.72. The van der Waals surface area contributed by atoms with Gasteiger partial charge in [0.15, 0.2) is 5.78 Å². The van der Waals surface area contributed by atoms with Gasteiger partial charge in [0.1, 0.15) is 11.3 Å². The number of nitrogens with zero attached hydrogens (tertiary/aromatic N) is 1. The molecule has 0 amide bonds. The van der Waals surface area contributed by atoms with Crippen LogP contribution in [0.1, 0.15) is 27.6 Å². The number of fused-ring (bicyclic) bond motifs is 1. The monoisotopic (exact) mass is 415 g/mol. The molecule has 4 nitrogen and oxygen atoms in total. The average molecular weight is 416 g/mol. The first kappa shape index (κ1) is 20.0. The second-order valence-electron chi connectivity index (χ2n) is 7.06. The van der Waals surface area contributed by atoms with Crippen LogP contribution in [0, 0.1) is 0 Å². The summed E-state index contributed by atoms with van der Waals surface area (Å²) in [4.78, 5) is 27.2. The van der Waals surface area contributed by atoms with Crippen molar-refractivity contribution in [1.29, 1.82) is 0 Å². The lowest BCUT2D eigenvalue weighted by molar-refractivity contribution is 0.0977. The molecule has 1 heterocycles. The van der Waals surface area contributed by atoms with E-state index in [1.54, 1.807) is 43.1 Å². The molecule has 0 radical (unpaired) electrons. The molecule has 30 heavy (non-hydrogen) atoms. The lowest BCUT2D eigenvalue weighted by Gasteiger charge is -2.17. The van der Waals surface area contributed by atoms with Crippen LogP contribution >= 0.6 is 11.8 Å². The molecule has 0 aliphatic rings. The zero-order chi connectivity index (χ0) is 21.1. The van der Waals surface area contributed by atoms with Gasteiger partial charge in [-0.25, -0.2) is 0 Å². The number of aryl methyl sites for hydroxylation is 1. The van der Waals surface area contributed by atoms with E-state index < -0.39 is 5.56 Å². The maximum absolute atomic E-state index is 13.3. The molecule has 3 aromatic carbocycles. The van der Waals surface area contributed by atoms with Crippen molar-refractivity contribution in [3.05, 3.63) is 106 Å². The number of carbonyl (C=O) groups is 1. The van der Waals surface area contributed by atoms with E-state index in [0.717, 1.165) is 10.5 Å². The number of benzene rings is 3. The molecule has 150 valence electrons. The predicted molar refractivity (Wildman–Crippen MR) is 121 cm³/mol. The van der Waals surface area contributed by atoms with Gasteiger partial charge in [-0.1, -0.05) is 60.7 Å². The summed E-state index contributed by atoms with van der Waals surface area (Å²) in [6.45, 7) is 0. The van der Waals surface area contributed by atoms with Crippen LogP contribution in [0.5, 0.6) is 5.75 Å². The summed E-state index contributed by atoms with van der Waals surface area (Å²) >= 11 is 1.57. The standard InChI is InChI=1S/C25H21NO3S/c1-26-20-15-9-8-14-19(20)24(28)23(25(26)29)21(27)16-22(17-10-4-2-5-11-17)30-18-12-6-3-7-13-18/h2-15,22,28H,16H2,1H3. The van der Waals surface area contributed by atoms with Crippen LogP contribution in [0.4, 0.5) is 0 Å². The van der Waals surface area contributed by atoms with E-state index >= 15 is 0 Å². The van der Waals surface area contributed by atoms with Crippen molar-refractivity contribution in [2.24, 2.45) is 7.05 Å². The van der Waals surface area contributed by atoms with Gasteiger partial charge in [0.2, 0.25) is 0 Å². The van der Waals surface area contributed by atoms with Gasteiger partial charge >= 0.3 is 0 Å². The van der Waals surface area contributed by atoms with Gasteiger partial charge < -0.3 is 9.67 Å². The Morgan fingerprint density at radius 2 is 1.53 bits per heavy atom. The highest BCUT2D eigenvalue weighted by Crippen LogP contribution is 2.39. The molecular formula is C25H21NO3S. The van der Waals surface area contributed by atoms with Crippen LogP contribution in [-0.4, -0.2) is 15.5 Å². The average Bonchev–Trinajstić information content (AvgIpc) is 2.78. The summed E-state index contributed by atoms with van der Waals surface area (Å²) in [7, 11) is 1.62. The SMILES string of the molecule is Cn1c(=O)c(C(=O)CC(Sc2ccccc2)c2ccccc2)c(O)c2ccccc21. The summed E-state index contributed by atoms with van der Waals surface area (Å²) in [5.41, 5.74) is 0.963. The van der Waals surface area contributed by atoms with Gasteiger partial charge in [-0.15, -0.1) is 11.8 Å². The number of carbonyl (C=O) groups excluding carboxylic acids is 1. The molecule has 1 unspecified atom stereocenters. The predicted octanol–water partition coefficient (Wildman–Crippen LogP) is 5.35. The number of hydrogen-bond acceptors (Lipinski definition) is 4. The van der Waals surface area contributed by atoms with E-state index in [0.29, 0.717) is 10.9 Å². The minimum Gasteiger partial charge on any atom is -0.506 e. The third kappa shape index (κ3) is 3.89. The van der Waals surface area contributed by atoms with Crippen molar-refractivity contribution in [1.82, 2.24) is 4.57 Å². The van der Waals surface area contributed by atoms with Crippen molar-refractivity contribution >= 4 is 28.4 Å². The van der Waals surface area contributed by atoms with Crippen molar-refractivity contribution < 1.29 is 9.90 Å². The van der Waals surface area contributed by atoms with E-state index in [1.165, 1.54) is 4.57 Å². The molecular weight excluding hydrogens is 394 g/mol. The smallest absolute Gasteiger partial charge is 0.265 e. The highest BCUT2D eigenvalue weighted by atomic mass is 32.2. The highest BCUT2D eigenvalue weighted by Gasteiger charge is 2.25. The number of Topliss-reactive ketones (excluding diaryl/α,β-unsaturated/α-hetero) is 1. The third-order valence-corrected chi connectivity index (χ3v) is 6.39. The van der Waals surface area contributed by atoms with Crippen LogP contribution < -0.4 is 5.56 Å². The summed E-state index contributed by atoms with van der Waals surface area (Å²) < 4.78 is 1.42. The van der Waals surface area contributed by atoms with Gasteiger partial charge in [-0.3, -0.25) is 9.59 Å². The molecule has 1 aromatic heterocycles. The Morgan fingerprint density at radius 3 is 2.23 bits per heavy atom. The Labute approximate surface area is 178 Å². The summed E-state index contributed by atoms with van der Waals surface area (Å²) in [5, 5.41) is 11.1. The highest BCUT2D eigenvalue weighted by molar-refractivity contribution is 7.99. The molecule has 0 aliphatic carbocycles. The fraction of sp³-hybridized carbons (Fsp3) is 0.120. The molecule has 0 fully saturated rings. The van der Waals surface area contributed by atoms with Crippen LogP contribution in [0.3, 0.4) is 0 Å². The van der Waals surface area contributed by atoms with E-state index in [2.05, 4.69) is 0 Å². The third-order valence-electron chi connectivity index (χ3n) is 5.12. The number of rotatable bonds is 6. The normalized spacial score (nSPS) is 12.0. The number of para-hydroxylation sites is 1. The molecule has 1 atom stereocenters.